The van der Waals surface area contributed by atoms with E-state index in [1.807, 2.05) is 20.8 Å². The van der Waals surface area contributed by atoms with E-state index in [0.717, 1.165) is 0 Å². The van der Waals surface area contributed by atoms with Crippen LogP contribution in [0.5, 0.6) is 0 Å². The van der Waals surface area contributed by atoms with Crippen molar-refractivity contribution in [2.45, 2.75) is 51.2 Å². The van der Waals surface area contributed by atoms with E-state index in [9.17, 15) is 18.0 Å². The molecule has 7 nitrogen and oxygen atoms in total. The van der Waals surface area contributed by atoms with Gasteiger partial charge in [-0.1, -0.05) is 6.92 Å². The zero-order chi connectivity index (χ0) is 18.5. The summed E-state index contributed by atoms with van der Waals surface area (Å²) in [6, 6.07) is 5.32. The Balaban J connectivity index is 2.77. The zero-order valence-corrected chi connectivity index (χ0v) is 15.4. The van der Waals surface area contributed by atoms with Gasteiger partial charge in [0.1, 0.15) is 0 Å². The van der Waals surface area contributed by atoms with Crippen LogP contribution in [0.3, 0.4) is 0 Å². The highest BCUT2D eigenvalue weighted by Gasteiger charge is 2.23. The fraction of sp³-hybridized carbons (Fsp3) is 0.500. The van der Waals surface area contributed by atoms with Gasteiger partial charge >= 0.3 is 5.97 Å². The molecule has 2 N–H and O–H groups in total. The smallest absolute Gasteiger partial charge is 0.338 e. The van der Waals surface area contributed by atoms with Gasteiger partial charge in [0.05, 0.1) is 10.5 Å². The number of hydrogen-bond acceptors (Lipinski definition) is 5. The van der Waals surface area contributed by atoms with Crippen LogP contribution in [0, 0.1) is 0 Å². The number of nitrogens with one attached hydrogen (secondary N) is 2. The monoisotopic (exact) mass is 356 g/mol. The van der Waals surface area contributed by atoms with Gasteiger partial charge in [-0.05, 0) is 52.0 Å². The van der Waals surface area contributed by atoms with Gasteiger partial charge in [0, 0.05) is 12.1 Å². The summed E-state index contributed by atoms with van der Waals surface area (Å²) in [6.07, 6.45) is -0.957. The van der Waals surface area contributed by atoms with Crippen LogP contribution in [-0.4, -0.2) is 38.5 Å². The number of amides is 1. The van der Waals surface area contributed by atoms with Crippen LogP contribution in [0.1, 0.15) is 45.0 Å². The second-order valence-electron chi connectivity index (χ2n) is 6.31. The summed E-state index contributed by atoms with van der Waals surface area (Å²) in [7, 11) is -3.58. The minimum Gasteiger partial charge on any atom is -0.449 e. The molecule has 0 spiro atoms. The molecule has 0 aromatic heterocycles. The highest BCUT2D eigenvalue weighted by atomic mass is 32.2. The minimum absolute atomic E-state index is 0.0550. The fourth-order valence-corrected chi connectivity index (χ4v) is 2.84. The Hall–Kier alpha value is -1.93. The number of rotatable bonds is 6. The fourth-order valence-electron chi connectivity index (χ4n) is 1.80. The summed E-state index contributed by atoms with van der Waals surface area (Å²) in [4.78, 5) is 24.0. The van der Waals surface area contributed by atoms with Crippen molar-refractivity contribution in [2.24, 2.45) is 0 Å². The molecule has 0 heterocycles. The average molecular weight is 356 g/mol. The lowest BCUT2D eigenvalue weighted by atomic mass is 10.1. The van der Waals surface area contributed by atoms with E-state index in [2.05, 4.69) is 10.0 Å². The highest BCUT2D eigenvalue weighted by Crippen LogP contribution is 2.12. The molecule has 1 atom stereocenters. The highest BCUT2D eigenvalue weighted by molar-refractivity contribution is 7.89. The molecule has 134 valence electrons. The maximum atomic E-state index is 12.0. The lowest BCUT2D eigenvalue weighted by Gasteiger charge is -2.23. The summed E-state index contributed by atoms with van der Waals surface area (Å²) in [5.74, 6) is -1.10. The summed E-state index contributed by atoms with van der Waals surface area (Å²) >= 11 is 0. The molecule has 1 rings (SSSR count). The molecule has 1 aromatic rings. The predicted octanol–water partition coefficient (Wildman–Crippen LogP) is 1.44. The molecule has 0 saturated heterocycles. The van der Waals surface area contributed by atoms with Crippen LogP contribution in [0.25, 0.3) is 0 Å². The molecule has 8 heteroatoms. The van der Waals surface area contributed by atoms with E-state index in [1.54, 1.807) is 6.92 Å². The topological polar surface area (TPSA) is 102 Å². The van der Waals surface area contributed by atoms with E-state index in [1.165, 1.54) is 31.2 Å². The Morgan fingerprint density at radius 1 is 1.17 bits per heavy atom. The zero-order valence-electron chi connectivity index (χ0n) is 14.5. The number of benzene rings is 1. The molecule has 0 fully saturated rings. The summed E-state index contributed by atoms with van der Waals surface area (Å²) in [5.41, 5.74) is -0.263. The van der Waals surface area contributed by atoms with Crippen LogP contribution < -0.4 is 10.0 Å². The van der Waals surface area contributed by atoms with Crippen LogP contribution >= 0.6 is 0 Å². The molecular weight excluding hydrogens is 332 g/mol. The molecule has 1 amide bonds. The third kappa shape index (κ3) is 5.93. The Kier molecular flexibility index (Phi) is 6.50. The van der Waals surface area contributed by atoms with E-state index in [-0.39, 0.29) is 17.0 Å². The van der Waals surface area contributed by atoms with E-state index < -0.39 is 33.5 Å². The molecule has 0 unspecified atom stereocenters. The van der Waals surface area contributed by atoms with E-state index in [0.29, 0.717) is 0 Å². The largest absolute Gasteiger partial charge is 0.449 e. The number of esters is 1. The first kappa shape index (κ1) is 20.1. The van der Waals surface area contributed by atoms with Crippen molar-refractivity contribution in [3.05, 3.63) is 29.8 Å². The molecule has 0 radical (unpaired) electrons. The van der Waals surface area contributed by atoms with Gasteiger partial charge in [0.2, 0.25) is 10.0 Å². The van der Waals surface area contributed by atoms with Crippen molar-refractivity contribution in [2.75, 3.05) is 6.54 Å². The van der Waals surface area contributed by atoms with Crippen LogP contribution in [-0.2, 0) is 19.6 Å². The quantitative estimate of drug-likeness (QED) is 0.751. The van der Waals surface area contributed by atoms with Crippen LogP contribution in [0.4, 0.5) is 0 Å². The number of ether oxygens (including phenoxy) is 1. The van der Waals surface area contributed by atoms with Crippen molar-refractivity contribution in [1.82, 2.24) is 10.0 Å². The first-order valence-corrected chi connectivity index (χ1v) is 9.07. The lowest BCUT2D eigenvalue weighted by molar-refractivity contribution is -0.130. The summed E-state index contributed by atoms with van der Waals surface area (Å²) in [5, 5.41) is 2.72. The summed E-state index contributed by atoms with van der Waals surface area (Å²) in [6.45, 7) is 8.89. The third-order valence-electron chi connectivity index (χ3n) is 2.89. The van der Waals surface area contributed by atoms with Gasteiger partial charge in [-0.15, -0.1) is 0 Å². The van der Waals surface area contributed by atoms with Crippen LogP contribution in [0.15, 0.2) is 29.2 Å². The van der Waals surface area contributed by atoms with E-state index >= 15 is 0 Å². The van der Waals surface area contributed by atoms with Crippen molar-refractivity contribution >= 4 is 21.9 Å². The Morgan fingerprint density at radius 2 is 1.71 bits per heavy atom. The maximum absolute atomic E-state index is 12.0. The standard InChI is InChI=1S/C16H24N2O5S/c1-6-17-24(21,22)13-9-7-12(8-10-13)15(20)23-11(2)14(19)18-16(3,4)5/h7-11,17H,6H2,1-5H3,(H,18,19)/t11-/m0/s1. The Morgan fingerprint density at radius 3 is 2.17 bits per heavy atom. The maximum Gasteiger partial charge on any atom is 0.338 e. The van der Waals surface area contributed by atoms with Gasteiger partial charge in [-0.2, -0.15) is 0 Å². The summed E-state index contributed by atoms with van der Waals surface area (Å²) < 4.78 is 31.1. The molecule has 0 aliphatic rings. The number of sulfonamides is 1. The Labute approximate surface area is 142 Å². The van der Waals surface area contributed by atoms with Crippen molar-refractivity contribution in [3.8, 4) is 0 Å². The molecular formula is C16H24N2O5S. The molecule has 0 bridgehead atoms. The lowest BCUT2D eigenvalue weighted by Crippen LogP contribution is -2.46. The van der Waals surface area contributed by atoms with Gasteiger partial charge in [0.25, 0.3) is 5.91 Å². The molecule has 0 aliphatic carbocycles. The Bertz CT molecular complexity index is 690. The van der Waals surface area contributed by atoms with Crippen LogP contribution in [0.2, 0.25) is 0 Å². The predicted molar refractivity (Wildman–Crippen MR) is 90.1 cm³/mol. The minimum atomic E-state index is -3.58. The normalized spacial score (nSPS) is 13.2. The van der Waals surface area contributed by atoms with Crippen molar-refractivity contribution in [1.29, 1.82) is 0 Å². The van der Waals surface area contributed by atoms with Gasteiger partial charge < -0.3 is 10.1 Å². The first-order valence-electron chi connectivity index (χ1n) is 7.59. The number of hydrogen-bond donors (Lipinski definition) is 2. The first-order chi connectivity index (χ1) is 11.0. The van der Waals surface area contributed by atoms with Crippen molar-refractivity contribution in [3.63, 3.8) is 0 Å². The van der Waals surface area contributed by atoms with Gasteiger partial charge in [-0.3, -0.25) is 4.79 Å². The average Bonchev–Trinajstić information content (AvgIpc) is 2.45. The molecule has 1 aromatic carbocycles. The second-order valence-corrected chi connectivity index (χ2v) is 8.08. The number of carbonyl (C=O) groups excluding carboxylic acids is 2. The molecule has 0 aliphatic heterocycles. The van der Waals surface area contributed by atoms with Crippen molar-refractivity contribution < 1.29 is 22.7 Å². The molecule has 24 heavy (non-hydrogen) atoms. The SMILES string of the molecule is CCNS(=O)(=O)c1ccc(C(=O)O[C@@H](C)C(=O)NC(C)(C)C)cc1. The molecule has 0 saturated carbocycles. The van der Waals surface area contributed by atoms with Gasteiger partial charge in [0.15, 0.2) is 6.10 Å². The third-order valence-corrected chi connectivity index (χ3v) is 4.45. The van der Waals surface area contributed by atoms with Gasteiger partial charge in [-0.25, -0.2) is 17.9 Å². The second kappa shape index (κ2) is 7.76. The van der Waals surface area contributed by atoms with E-state index in [4.69, 9.17) is 4.74 Å². The number of carbonyl (C=O) groups is 2.